The molecule has 0 atom stereocenters. The Balaban J connectivity index is 3.04. The van der Waals surface area contributed by atoms with Gasteiger partial charge in [0.05, 0.1) is 9.40 Å². The van der Waals surface area contributed by atoms with Crippen molar-refractivity contribution in [2.24, 2.45) is 0 Å². The third-order valence-electron chi connectivity index (χ3n) is 2.22. The molecule has 0 radical (unpaired) electrons. The normalized spacial score (nSPS) is 10.8. The van der Waals surface area contributed by atoms with Crippen molar-refractivity contribution in [3.8, 4) is 0 Å². The molecule has 0 amide bonds. The maximum atomic E-state index is 13.7. The molecule has 0 unspecified atom stereocenters. The summed E-state index contributed by atoms with van der Waals surface area (Å²) in [7, 11) is 0. The zero-order chi connectivity index (χ0) is 12.7. The van der Waals surface area contributed by atoms with E-state index in [1.54, 1.807) is 0 Å². The highest BCUT2D eigenvalue weighted by molar-refractivity contribution is 9.10. The minimum absolute atomic E-state index is 0.0438. The van der Waals surface area contributed by atoms with Gasteiger partial charge >= 0.3 is 0 Å². The summed E-state index contributed by atoms with van der Waals surface area (Å²) in [5, 5.41) is 10.8. The lowest BCUT2D eigenvalue weighted by Crippen LogP contribution is -2.13. The minimum atomic E-state index is -0.782. The number of hydrogen-bond acceptors (Lipinski definition) is 4. The summed E-state index contributed by atoms with van der Waals surface area (Å²) in [6.07, 6.45) is 0. The maximum Gasteiger partial charge on any atom is 0.298 e. The third-order valence-corrected chi connectivity index (χ3v) is 2.79. The van der Waals surface area contributed by atoms with Crippen molar-refractivity contribution < 1.29 is 9.31 Å². The van der Waals surface area contributed by atoms with E-state index in [0.717, 1.165) is 6.07 Å². The van der Waals surface area contributed by atoms with Crippen LogP contribution in [-0.4, -0.2) is 14.9 Å². The second-order valence-corrected chi connectivity index (χ2v) is 4.18. The van der Waals surface area contributed by atoms with Gasteiger partial charge in [-0.2, -0.15) is 0 Å². The Morgan fingerprint density at radius 3 is 2.82 bits per heavy atom. The molecule has 88 valence electrons. The smallest absolute Gasteiger partial charge is 0.298 e. The molecule has 8 heteroatoms. The molecule has 0 aliphatic carbocycles. The predicted molar refractivity (Wildman–Crippen MR) is 61.4 cm³/mol. The number of hydrogen-bond donors (Lipinski definition) is 1. The van der Waals surface area contributed by atoms with Crippen molar-refractivity contribution in [2.45, 2.75) is 6.92 Å². The van der Waals surface area contributed by atoms with E-state index < -0.39 is 16.3 Å². The van der Waals surface area contributed by atoms with E-state index in [4.69, 9.17) is 0 Å². The quantitative estimate of drug-likeness (QED) is 0.645. The Bertz CT molecular complexity index is 698. The monoisotopic (exact) mass is 301 g/mol. The zero-order valence-corrected chi connectivity index (χ0v) is 10.0. The van der Waals surface area contributed by atoms with Crippen molar-refractivity contribution in [1.29, 1.82) is 0 Å². The van der Waals surface area contributed by atoms with Gasteiger partial charge in [0.15, 0.2) is 11.3 Å². The summed E-state index contributed by atoms with van der Waals surface area (Å²) in [4.78, 5) is 27.4. The van der Waals surface area contributed by atoms with E-state index in [-0.39, 0.29) is 26.9 Å². The molecule has 17 heavy (non-hydrogen) atoms. The molecule has 1 N–H and O–H groups in total. The van der Waals surface area contributed by atoms with Crippen LogP contribution in [0.25, 0.3) is 11.0 Å². The predicted octanol–water partition coefficient (Wildman–Crippen LogP) is 2.04. The Morgan fingerprint density at radius 2 is 2.24 bits per heavy atom. The first-order chi connectivity index (χ1) is 7.91. The van der Waals surface area contributed by atoms with Crippen LogP contribution in [0.1, 0.15) is 5.69 Å². The van der Waals surface area contributed by atoms with Crippen LogP contribution in [0.15, 0.2) is 15.3 Å². The van der Waals surface area contributed by atoms with Gasteiger partial charge in [-0.05, 0) is 22.9 Å². The summed E-state index contributed by atoms with van der Waals surface area (Å²) in [5.41, 5.74) is -1.35. The molecule has 1 aromatic heterocycles. The Morgan fingerprint density at radius 1 is 1.59 bits per heavy atom. The van der Waals surface area contributed by atoms with Crippen molar-refractivity contribution in [3.63, 3.8) is 0 Å². The number of aromatic amines is 1. The molecule has 0 aliphatic heterocycles. The SMILES string of the molecule is Cc1nc2c([N+](=O)[O-])cc(Br)c(F)c2[nH]c1=O. The average Bonchev–Trinajstić information content (AvgIpc) is 2.26. The molecule has 0 saturated heterocycles. The molecule has 6 nitrogen and oxygen atoms in total. The van der Waals surface area contributed by atoms with Gasteiger partial charge in [0, 0.05) is 6.07 Å². The molecule has 0 fully saturated rings. The van der Waals surface area contributed by atoms with Crippen LogP contribution in [-0.2, 0) is 0 Å². The molecule has 0 aliphatic rings. The highest BCUT2D eigenvalue weighted by atomic mass is 79.9. The standard InChI is InChI=1S/C9H5BrFN3O3/c1-3-9(15)13-8-6(11)4(10)2-5(14(16)17)7(8)12-3/h2H,1H3,(H,13,15). The Kier molecular flexibility index (Phi) is 2.66. The number of rotatable bonds is 1. The number of aryl methyl sites for hydroxylation is 1. The van der Waals surface area contributed by atoms with Crippen molar-refractivity contribution in [3.05, 3.63) is 42.5 Å². The van der Waals surface area contributed by atoms with Crippen LogP contribution in [0, 0.1) is 22.9 Å². The van der Waals surface area contributed by atoms with E-state index in [1.165, 1.54) is 6.92 Å². The molecule has 1 heterocycles. The van der Waals surface area contributed by atoms with Gasteiger partial charge in [-0.1, -0.05) is 0 Å². The second kappa shape index (κ2) is 3.88. The molecular formula is C9H5BrFN3O3. The van der Waals surface area contributed by atoms with Crippen molar-refractivity contribution in [1.82, 2.24) is 9.97 Å². The molecule has 0 bridgehead atoms. The summed E-state index contributed by atoms with van der Waals surface area (Å²) in [5.74, 6) is -0.782. The number of nitro benzene ring substituents is 1. The van der Waals surface area contributed by atoms with Crippen LogP contribution in [0.3, 0.4) is 0 Å². The van der Waals surface area contributed by atoms with Crippen LogP contribution in [0.5, 0.6) is 0 Å². The lowest BCUT2D eigenvalue weighted by Gasteiger charge is -2.03. The first-order valence-electron chi connectivity index (χ1n) is 4.45. The fourth-order valence-corrected chi connectivity index (χ4v) is 1.81. The average molecular weight is 302 g/mol. The van der Waals surface area contributed by atoms with Gasteiger partial charge in [0.25, 0.3) is 11.2 Å². The fraction of sp³-hybridized carbons (Fsp3) is 0.111. The topological polar surface area (TPSA) is 88.9 Å². The number of H-pyrrole nitrogens is 1. The number of nitrogens with one attached hydrogen (secondary N) is 1. The lowest BCUT2D eigenvalue weighted by molar-refractivity contribution is -0.383. The van der Waals surface area contributed by atoms with E-state index in [2.05, 4.69) is 25.9 Å². The first-order valence-corrected chi connectivity index (χ1v) is 5.24. The van der Waals surface area contributed by atoms with Gasteiger partial charge in [-0.25, -0.2) is 9.37 Å². The van der Waals surface area contributed by atoms with Gasteiger partial charge in [-0.15, -0.1) is 0 Å². The highest BCUT2D eigenvalue weighted by Crippen LogP contribution is 2.30. The van der Waals surface area contributed by atoms with E-state index in [1.807, 2.05) is 0 Å². The van der Waals surface area contributed by atoms with Crippen LogP contribution in [0.2, 0.25) is 0 Å². The molecule has 0 spiro atoms. The minimum Gasteiger partial charge on any atom is -0.316 e. The zero-order valence-electron chi connectivity index (χ0n) is 8.45. The summed E-state index contributed by atoms with van der Waals surface area (Å²) in [6, 6.07) is 1.02. The second-order valence-electron chi connectivity index (χ2n) is 3.32. The van der Waals surface area contributed by atoms with E-state index in [9.17, 15) is 19.3 Å². The Hall–Kier alpha value is -1.83. The molecular weight excluding hydrogens is 297 g/mol. The summed E-state index contributed by atoms with van der Waals surface area (Å²) in [6.45, 7) is 1.39. The number of benzene rings is 1. The molecule has 2 aromatic rings. The number of halogens is 2. The van der Waals surface area contributed by atoms with Crippen LogP contribution < -0.4 is 5.56 Å². The number of nitro groups is 1. The molecule has 2 rings (SSSR count). The van der Waals surface area contributed by atoms with Crippen LogP contribution in [0.4, 0.5) is 10.1 Å². The fourth-order valence-electron chi connectivity index (χ4n) is 1.39. The van der Waals surface area contributed by atoms with E-state index >= 15 is 0 Å². The molecule has 1 aromatic carbocycles. The Labute approximate surface area is 102 Å². The van der Waals surface area contributed by atoms with Gasteiger partial charge in [-0.3, -0.25) is 14.9 Å². The van der Waals surface area contributed by atoms with Gasteiger partial charge in [0.1, 0.15) is 11.2 Å². The van der Waals surface area contributed by atoms with Crippen LogP contribution >= 0.6 is 15.9 Å². The largest absolute Gasteiger partial charge is 0.316 e. The summed E-state index contributed by atoms with van der Waals surface area (Å²) >= 11 is 2.85. The van der Waals surface area contributed by atoms with Crippen molar-refractivity contribution in [2.75, 3.05) is 0 Å². The van der Waals surface area contributed by atoms with E-state index in [0.29, 0.717) is 0 Å². The highest BCUT2D eigenvalue weighted by Gasteiger charge is 2.20. The molecule has 0 saturated carbocycles. The number of nitrogens with zero attached hydrogens (tertiary/aromatic N) is 2. The third kappa shape index (κ3) is 1.80. The van der Waals surface area contributed by atoms with Gasteiger partial charge in [0.2, 0.25) is 0 Å². The number of non-ortho nitro benzene ring substituents is 1. The summed E-state index contributed by atoms with van der Waals surface area (Å²) < 4.78 is 13.6. The first kappa shape index (κ1) is 11.6. The number of fused-ring (bicyclic) bond motifs is 1. The number of aromatic nitrogens is 2. The maximum absolute atomic E-state index is 13.7. The lowest BCUT2D eigenvalue weighted by atomic mass is 10.2. The van der Waals surface area contributed by atoms with Crippen molar-refractivity contribution >= 4 is 32.7 Å². The van der Waals surface area contributed by atoms with Gasteiger partial charge < -0.3 is 4.98 Å².